The molecule has 84 valence electrons. The summed E-state index contributed by atoms with van der Waals surface area (Å²) in [5.41, 5.74) is 0.315. The Hall–Kier alpha value is -1.69. The maximum absolute atomic E-state index is 12.2. The number of hydrogen-bond acceptors (Lipinski definition) is 3. The fourth-order valence-electron chi connectivity index (χ4n) is 1.27. The first-order valence-corrected chi connectivity index (χ1v) is 4.45. The molecular formula is C10H7F3N2O. The molecule has 0 saturated carbocycles. The van der Waals surface area contributed by atoms with Gasteiger partial charge in [-0.05, 0) is 12.1 Å². The molecule has 16 heavy (non-hydrogen) atoms. The molecule has 1 aromatic carbocycles. The van der Waals surface area contributed by atoms with E-state index < -0.39 is 18.0 Å². The summed E-state index contributed by atoms with van der Waals surface area (Å²) in [7, 11) is 0. The van der Waals surface area contributed by atoms with Crippen molar-refractivity contribution in [3.63, 3.8) is 0 Å². The Morgan fingerprint density at radius 2 is 1.75 bits per heavy atom. The van der Waals surface area contributed by atoms with E-state index in [9.17, 15) is 13.2 Å². The number of para-hydroxylation sites is 2. The molecule has 0 aliphatic heterocycles. The van der Waals surface area contributed by atoms with E-state index in [0.29, 0.717) is 11.0 Å². The molecule has 0 aliphatic carbocycles. The highest BCUT2D eigenvalue weighted by Crippen LogP contribution is 2.31. The molecule has 1 atom stereocenters. The quantitative estimate of drug-likeness (QED) is 0.814. The topological polar surface area (TPSA) is 46.0 Å². The zero-order valence-electron chi connectivity index (χ0n) is 7.94. The lowest BCUT2D eigenvalue weighted by atomic mass is 10.2. The molecule has 3 nitrogen and oxygen atoms in total. The van der Waals surface area contributed by atoms with Gasteiger partial charge in [0.05, 0.1) is 22.9 Å². The predicted octanol–water partition coefficient (Wildman–Crippen LogP) is 2.23. The molecule has 0 fully saturated rings. The van der Waals surface area contributed by atoms with Crippen LogP contribution in [0.2, 0.25) is 0 Å². The largest absolute Gasteiger partial charge is 0.420 e. The van der Waals surface area contributed by atoms with Crippen molar-refractivity contribution in [2.24, 2.45) is 0 Å². The van der Waals surface area contributed by atoms with Crippen LogP contribution in [-0.4, -0.2) is 21.3 Å². The fourth-order valence-corrected chi connectivity index (χ4v) is 1.27. The molecule has 0 radical (unpaired) electrons. The number of fused-ring (bicyclic) bond motifs is 1. The van der Waals surface area contributed by atoms with Crippen LogP contribution in [0.15, 0.2) is 30.5 Å². The summed E-state index contributed by atoms with van der Waals surface area (Å²) in [6, 6.07) is 6.51. The second kappa shape index (κ2) is 3.71. The van der Waals surface area contributed by atoms with Crippen molar-refractivity contribution in [2.75, 3.05) is 0 Å². The highest BCUT2D eigenvalue weighted by atomic mass is 19.4. The number of aromatic nitrogens is 2. The van der Waals surface area contributed by atoms with Gasteiger partial charge in [0.1, 0.15) is 0 Å². The molecule has 0 unspecified atom stereocenters. The Bertz CT molecular complexity index is 513. The van der Waals surface area contributed by atoms with Crippen molar-refractivity contribution < 1.29 is 18.3 Å². The van der Waals surface area contributed by atoms with Crippen LogP contribution in [0.1, 0.15) is 11.8 Å². The second-order valence-electron chi connectivity index (χ2n) is 3.23. The second-order valence-corrected chi connectivity index (χ2v) is 3.23. The van der Waals surface area contributed by atoms with Crippen LogP contribution in [0.5, 0.6) is 0 Å². The van der Waals surface area contributed by atoms with Gasteiger partial charge in [-0.25, -0.2) is 4.98 Å². The van der Waals surface area contributed by atoms with E-state index in [1.165, 1.54) is 6.07 Å². The molecule has 1 N–H and O–H groups in total. The first-order valence-electron chi connectivity index (χ1n) is 4.45. The van der Waals surface area contributed by atoms with E-state index in [-0.39, 0.29) is 0 Å². The molecular weight excluding hydrogens is 221 g/mol. The van der Waals surface area contributed by atoms with E-state index >= 15 is 0 Å². The normalized spacial score (nSPS) is 14.0. The summed E-state index contributed by atoms with van der Waals surface area (Å²) in [6.07, 6.45) is -6.39. The van der Waals surface area contributed by atoms with Crippen LogP contribution in [-0.2, 0) is 0 Å². The van der Waals surface area contributed by atoms with Crippen LogP contribution >= 0.6 is 0 Å². The predicted molar refractivity (Wildman–Crippen MR) is 50.6 cm³/mol. The van der Waals surface area contributed by atoms with Gasteiger partial charge in [-0.2, -0.15) is 13.2 Å². The summed E-state index contributed by atoms with van der Waals surface area (Å²) in [4.78, 5) is 7.50. The number of rotatable bonds is 1. The first-order chi connectivity index (χ1) is 7.48. The van der Waals surface area contributed by atoms with Gasteiger partial charge >= 0.3 is 6.18 Å². The highest BCUT2D eigenvalue weighted by molar-refractivity contribution is 5.73. The maximum Gasteiger partial charge on any atom is 0.420 e. The standard InChI is InChI=1S/C10H7F3N2O/c11-10(12,13)9(16)8-5-14-6-3-1-2-4-7(6)15-8/h1-5,9,16H/t9-/m0/s1. The van der Waals surface area contributed by atoms with E-state index in [0.717, 1.165) is 6.20 Å². The van der Waals surface area contributed by atoms with Crippen molar-refractivity contribution in [1.29, 1.82) is 0 Å². The van der Waals surface area contributed by atoms with Gasteiger partial charge in [0.2, 0.25) is 0 Å². The first kappa shape index (κ1) is 10.8. The van der Waals surface area contributed by atoms with Gasteiger partial charge in [0.25, 0.3) is 0 Å². The molecule has 1 aromatic heterocycles. The van der Waals surface area contributed by atoms with Crippen LogP contribution < -0.4 is 0 Å². The van der Waals surface area contributed by atoms with Gasteiger partial charge < -0.3 is 5.11 Å². The average molecular weight is 228 g/mol. The summed E-state index contributed by atoms with van der Waals surface area (Å²) in [5, 5.41) is 8.99. The van der Waals surface area contributed by atoms with E-state index in [1.807, 2.05) is 0 Å². The molecule has 0 saturated heterocycles. The summed E-state index contributed by atoms with van der Waals surface area (Å²) in [5.74, 6) is 0. The fraction of sp³-hybridized carbons (Fsp3) is 0.200. The lowest BCUT2D eigenvalue weighted by molar-refractivity contribution is -0.207. The van der Waals surface area contributed by atoms with Crippen LogP contribution in [0.25, 0.3) is 11.0 Å². The molecule has 0 amide bonds. The lowest BCUT2D eigenvalue weighted by Crippen LogP contribution is -2.21. The minimum atomic E-state index is -4.73. The highest BCUT2D eigenvalue weighted by Gasteiger charge is 2.40. The van der Waals surface area contributed by atoms with Crippen LogP contribution in [0.4, 0.5) is 13.2 Å². The molecule has 0 aliphatic rings. The average Bonchev–Trinajstić information content (AvgIpc) is 2.26. The van der Waals surface area contributed by atoms with E-state index in [2.05, 4.69) is 9.97 Å². The smallest absolute Gasteiger partial charge is 0.378 e. The number of alkyl halides is 3. The molecule has 1 heterocycles. The minimum absolute atomic E-state index is 0.322. The monoisotopic (exact) mass is 228 g/mol. The number of halogens is 3. The van der Waals surface area contributed by atoms with Crippen molar-refractivity contribution >= 4 is 11.0 Å². The molecule has 2 aromatic rings. The van der Waals surface area contributed by atoms with Gasteiger partial charge in [-0.3, -0.25) is 4.98 Å². The summed E-state index contributed by atoms with van der Waals surface area (Å²) >= 11 is 0. The molecule has 0 bridgehead atoms. The number of aliphatic hydroxyl groups is 1. The number of aliphatic hydroxyl groups excluding tert-OH is 1. The Labute approximate surface area is 88.6 Å². The van der Waals surface area contributed by atoms with Gasteiger partial charge in [0, 0.05) is 0 Å². The van der Waals surface area contributed by atoms with Gasteiger partial charge in [-0.1, -0.05) is 12.1 Å². The summed E-state index contributed by atoms with van der Waals surface area (Å²) in [6.45, 7) is 0. The third-order valence-electron chi connectivity index (χ3n) is 2.06. The number of benzene rings is 1. The zero-order chi connectivity index (χ0) is 11.8. The van der Waals surface area contributed by atoms with Gasteiger partial charge in [0.15, 0.2) is 6.10 Å². The minimum Gasteiger partial charge on any atom is -0.378 e. The third-order valence-corrected chi connectivity index (χ3v) is 2.06. The Kier molecular flexibility index (Phi) is 2.51. The van der Waals surface area contributed by atoms with Crippen LogP contribution in [0.3, 0.4) is 0 Å². The SMILES string of the molecule is O[C@@H](c1cnc2ccccc2n1)C(F)(F)F. The van der Waals surface area contributed by atoms with Crippen LogP contribution in [0, 0.1) is 0 Å². The maximum atomic E-state index is 12.2. The lowest BCUT2D eigenvalue weighted by Gasteiger charge is -2.13. The Balaban J connectivity index is 2.47. The van der Waals surface area contributed by atoms with E-state index in [4.69, 9.17) is 5.11 Å². The molecule has 0 spiro atoms. The number of hydrogen-bond donors (Lipinski definition) is 1. The van der Waals surface area contributed by atoms with Gasteiger partial charge in [-0.15, -0.1) is 0 Å². The molecule has 6 heteroatoms. The van der Waals surface area contributed by atoms with E-state index in [1.54, 1.807) is 18.2 Å². The Morgan fingerprint density at radius 1 is 1.12 bits per heavy atom. The third kappa shape index (κ3) is 1.96. The Morgan fingerprint density at radius 3 is 2.38 bits per heavy atom. The summed E-state index contributed by atoms with van der Waals surface area (Å²) < 4.78 is 36.7. The van der Waals surface area contributed by atoms with Crippen molar-refractivity contribution in [3.05, 3.63) is 36.2 Å². The van der Waals surface area contributed by atoms with Crippen molar-refractivity contribution in [3.8, 4) is 0 Å². The number of nitrogens with zero attached hydrogens (tertiary/aromatic N) is 2. The van der Waals surface area contributed by atoms with Crippen molar-refractivity contribution in [2.45, 2.75) is 12.3 Å². The molecule has 2 rings (SSSR count). The zero-order valence-corrected chi connectivity index (χ0v) is 7.94. The van der Waals surface area contributed by atoms with Crippen molar-refractivity contribution in [1.82, 2.24) is 9.97 Å².